The zero-order chi connectivity index (χ0) is 15.8. The minimum Gasteiger partial charge on any atom is -0.493 e. The molecule has 2 rings (SSSR count). The Hall–Kier alpha value is -1.75. The molecule has 5 heteroatoms. The minimum absolute atomic E-state index is 0.0211. The van der Waals surface area contributed by atoms with Crippen molar-refractivity contribution in [3.8, 4) is 11.5 Å². The highest BCUT2D eigenvalue weighted by atomic mass is 16.5. The van der Waals surface area contributed by atoms with Crippen molar-refractivity contribution in [2.75, 3.05) is 39.2 Å². The van der Waals surface area contributed by atoms with Gasteiger partial charge >= 0.3 is 0 Å². The summed E-state index contributed by atoms with van der Waals surface area (Å²) >= 11 is 0. The average molecular weight is 306 g/mol. The van der Waals surface area contributed by atoms with E-state index in [0.717, 1.165) is 18.8 Å². The van der Waals surface area contributed by atoms with Crippen LogP contribution in [0.4, 0.5) is 5.69 Å². The first-order valence-corrected chi connectivity index (χ1v) is 7.97. The zero-order valence-corrected chi connectivity index (χ0v) is 13.6. The number of nitrogens with zero attached hydrogens (tertiary/aromatic N) is 1. The molecule has 1 aromatic rings. The predicted molar refractivity (Wildman–Crippen MR) is 87.7 cm³/mol. The Morgan fingerprint density at radius 2 is 1.68 bits per heavy atom. The first-order valence-electron chi connectivity index (χ1n) is 7.97. The highest BCUT2D eigenvalue weighted by Crippen LogP contribution is 2.29. The third kappa shape index (κ3) is 4.91. The van der Waals surface area contributed by atoms with Crippen molar-refractivity contribution < 1.29 is 14.3 Å². The average Bonchev–Trinajstić information content (AvgIpc) is 2.49. The van der Waals surface area contributed by atoms with E-state index >= 15 is 0 Å². The summed E-state index contributed by atoms with van der Waals surface area (Å²) in [7, 11) is 3.18. The third-order valence-electron chi connectivity index (χ3n) is 3.98. The van der Waals surface area contributed by atoms with Gasteiger partial charge in [-0.3, -0.25) is 9.69 Å². The molecule has 122 valence electrons. The normalized spacial score (nSPS) is 16.5. The summed E-state index contributed by atoms with van der Waals surface area (Å²) in [5.41, 5.74) is 0.731. The van der Waals surface area contributed by atoms with E-state index in [0.29, 0.717) is 18.0 Å². The van der Waals surface area contributed by atoms with Gasteiger partial charge in [-0.25, -0.2) is 0 Å². The Bertz CT molecular complexity index is 483. The molecule has 22 heavy (non-hydrogen) atoms. The van der Waals surface area contributed by atoms with Gasteiger partial charge in [-0.05, 0) is 38.1 Å². The van der Waals surface area contributed by atoms with Crippen LogP contribution in [-0.4, -0.2) is 44.7 Å². The number of benzene rings is 1. The third-order valence-corrected chi connectivity index (χ3v) is 3.98. The molecule has 0 aromatic heterocycles. The molecule has 1 saturated heterocycles. The van der Waals surface area contributed by atoms with Crippen molar-refractivity contribution in [1.29, 1.82) is 0 Å². The van der Waals surface area contributed by atoms with Crippen molar-refractivity contribution in [3.05, 3.63) is 18.2 Å². The van der Waals surface area contributed by atoms with Crippen LogP contribution in [0.3, 0.4) is 0 Å². The molecule has 0 unspecified atom stereocenters. The van der Waals surface area contributed by atoms with Gasteiger partial charge in [-0.1, -0.05) is 19.3 Å². The van der Waals surface area contributed by atoms with E-state index in [9.17, 15) is 4.79 Å². The van der Waals surface area contributed by atoms with Gasteiger partial charge in [0.05, 0.1) is 20.8 Å². The van der Waals surface area contributed by atoms with Crippen LogP contribution >= 0.6 is 0 Å². The van der Waals surface area contributed by atoms with Gasteiger partial charge in [-0.15, -0.1) is 0 Å². The fourth-order valence-electron chi connectivity index (χ4n) is 2.79. The summed E-state index contributed by atoms with van der Waals surface area (Å²) in [5.74, 6) is 1.30. The number of carbonyl (C=O) groups excluding carboxylic acids is 1. The highest BCUT2D eigenvalue weighted by Gasteiger charge is 2.13. The van der Waals surface area contributed by atoms with Crippen LogP contribution in [0, 0.1) is 0 Å². The quantitative estimate of drug-likeness (QED) is 0.909. The van der Waals surface area contributed by atoms with E-state index in [1.165, 1.54) is 32.1 Å². The first kappa shape index (κ1) is 16.6. The standard InChI is InChI=1S/C17H26N2O3/c1-21-15-9-8-14(12-16(15)22-2)18-17(20)13-19-10-6-4-3-5-7-11-19/h8-9,12H,3-7,10-11,13H2,1-2H3,(H,18,20). The van der Waals surface area contributed by atoms with Crippen molar-refractivity contribution in [2.24, 2.45) is 0 Å². The zero-order valence-electron chi connectivity index (χ0n) is 13.6. The number of hydrogen-bond acceptors (Lipinski definition) is 4. The Labute approximate surface area is 132 Å². The van der Waals surface area contributed by atoms with Crippen LogP contribution in [0.1, 0.15) is 32.1 Å². The fraction of sp³-hybridized carbons (Fsp3) is 0.588. The summed E-state index contributed by atoms with van der Waals surface area (Å²) in [4.78, 5) is 14.5. The van der Waals surface area contributed by atoms with Gasteiger partial charge in [0, 0.05) is 11.8 Å². The van der Waals surface area contributed by atoms with Gasteiger partial charge < -0.3 is 14.8 Å². The molecule has 1 aliphatic heterocycles. The number of ether oxygens (including phenoxy) is 2. The molecule has 0 radical (unpaired) electrons. The number of nitrogens with one attached hydrogen (secondary N) is 1. The molecule has 0 bridgehead atoms. The molecule has 1 heterocycles. The van der Waals surface area contributed by atoms with Gasteiger partial charge in [-0.2, -0.15) is 0 Å². The monoisotopic (exact) mass is 306 g/mol. The molecule has 0 saturated carbocycles. The SMILES string of the molecule is COc1ccc(NC(=O)CN2CCCCCCC2)cc1OC. The Morgan fingerprint density at radius 1 is 1.05 bits per heavy atom. The van der Waals surface area contributed by atoms with Crippen molar-refractivity contribution in [3.63, 3.8) is 0 Å². The molecule has 0 spiro atoms. The number of rotatable bonds is 5. The van der Waals surface area contributed by atoms with Crippen LogP contribution in [0.5, 0.6) is 11.5 Å². The van der Waals surface area contributed by atoms with E-state index in [1.54, 1.807) is 26.4 Å². The molecule has 1 fully saturated rings. The van der Waals surface area contributed by atoms with E-state index in [-0.39, 0.29) is 5.91 Å². The lowest BCUT2D eigenvalue weighted by atomic mass is 10.1. The Kier molecular flexibility index (Phi) is 6.52. The number of hydrogen-bond donors (Lipinski definition) is 1. The summed E-state index contributed by atoms with van der Waals surface area (Å²) in [6.45, 7) is 2.48. The lowest BCUT2D eigenvalue weighted by Gasteiger charge is -2.23. The van der Waals surface area contributed by atoms with E-state index in [4.69, 9.17) is 9.47 Å². The first-order chi connectivity index (χ1) is 10.7. The van der Waals surface area contributed by atoms with E-state index in [1.807, 2.05) is 6.07 Å². The number of likely N-dealkylation sites (tertiary alicyclic amines) is 1. The number of amides is 1. The molecule has 5 nitrogen and oxygen atoms in total. The van der Waals surface area contributed by atoms with Gasteiger partial charge in [0.2, 0.25) is 5.91 Å². The van der Waals surface area contributed by atoms with Gasteiger partial charge in [0.1, 0.15) is 0 Å². The summed E-state index contributed by atoms with van der Waals surface area (Å²) in [6, 6.07) is 5.40. The summed E-state index contributed by atoms with van der Waals surface area (Å²) in [5, 5.41) is 2.94. The lowest BCUT2D eigenvalue weighted by Crippen LogP contribution is -2.35. The smallest absolute Gasteiger partial charge is 0.238 e. The van der Waals surface area contributed by atoms with Crippen LogP contribution in [-0.2, 0) is 4.79 Å². The van der Waals surface area contributed by atoms with Crippen molar-refractivity contribution in [2.45, 2.75) is 32.1 Å². The maximum atomic E-state index is 12.2. The van der Waals surface area contributed by atoms with Crippen LogP contribution in [0.25, 0.3) is 0 Å². The van der Waals surface area contributed by atoms with Crippen molar-refractivity contribution in [1.82, 2.24) is 4.90 Å². The summed E-state index contributed by atoms with van der Waals surface area (Å²) < 4.78 is 10.4. The number of methoxy groups -OCH3 is 2. The maximum absolute atomic E-state index is 12.2. The van der Waals surface area contributed by atoms with Gasteiger partial charge in [0.15, 0.2) is 11.5 Å². The fourth-order valence-corrected chi connectivity index (χ4v) is 2.79. The summed E-state index contributed by atoms with van der Waals surface area (Å²) in [6.07, 6.45) is 6.24. The van der Waals surface area contributed by atoms with E-state index < -0.39 is 0 Å². The molecule has 0 aliphatic carbocycles. The molecule has 1 aliphatic rings. The molecule has 1 N–H and O–H groups in total. The second-order valence-electron chi connectivity index (χ2n) is 5.66. The van der Waals surface area contributed by atoms with Crippen LogP contribution in [0.2, 0.25) is 0 Å². The molecular formula is C17H26N2O3. The molecule has 1 amide bonds. The van der Waals surface area contributed by atoms with Gasteiger partial charge in [0.25, 0.3) is 0 Å². The number of carbonyl (C=O) groups is 1. The highest BCUT2D eigenvalue weighted by molar-refractivity contribution is 5.92. The predicted octanol–water partition coefficient (Wildman–Crippen LogP) is 2.91. The molecule has 1 aromatic carbocycles. The lowest BCUT2D eigenvalue weighted by molar-refractivity contribution is -0.117. The Balaban J connectivity index is 1.90. The largest absolute Gasteiger partial charge is 0.493 e. The van der Waals surface area contributed by atoms with Crippen LogP contribution < -0.4 is 14.8 Å². The van der Waals surface area contributed by atoms with E-state index in [2.05, 4.69) is 10.2 Å². The Morgan fingerprint density at radius 3 is 2.32 bits per heavy atom. The topological polar surface area (TPSA) is 50.8 Å². The van der Waals surface area contributed by atoms with Crippen molar-refractivity contribution >= 4 is 11.6 Å². The maximum Gasteiger partial charge on any atom is 0.238 e. The molecule has 0 atom stereocenters. The second kappa shape index (κ2) is 8.63. The number of anilines is 1. The molecular weight excluding hydrogens is 280 g/mol. The van der Waals surface area contributed by atoms with Crippen LogP contribution in [0.15, 0.2) is 18.2 Å². The minimum atomic E-state index is 0.0211. The second-order valence-corrected chi connectivity index (χ2v) is 5.66.